The lowest BCUT2D eigenvalue weighted by atomic mass is 9.97. The van der Waals surface area contributed by atoms with E-state index in [-0.39, 0.29) is 17.6 Å². The van der Waals surface area contributed by atoms with Gasteiger partial charge >= 0.3 is 0 Å². The maximum Gasteiger partial charge on any atom is 0.146 e. The minimum absolute atomic E-state index is 0.0152. The molecule has 1 aliphatic heterocycles. The summed E-state index contributed by atoms with van der Waals surface area (Å²) in [5.41, 5.74) is 2.08. The Bertz CT molecular complexity index is 444. The highest BCUT2D eigenvalue weighted by Gasteiger charge is 2.26. The average molecular weight is 249 g/mol. The van der Waals surface area contributed by atoms with Gasteiger partial charge < -0.3 is 0 Å². The Morgan fingerprint density at radius 2 is 2.22 bits per heavy atom. The molecule has 98 valence electrons. The minimum Gasteiger partial charge on any atom is -0.298 e. The Balaban J connectivity index is 2.15. The number of likely N-dealkylation sites (tertiary alicyclic amines) is 1. The molecule has 1 saturated heterocycles. The van der Waals surface area contributed by atoms with E-state index in [0.29, 0.717) is 6.54 Å². The summed E-state index contributed by atoms with van der Waals surface area (Å²) in [6.07, 6.45) is 3.17. The zero-order valence-corrected chi connectivity index (χ0v) is 11.1. The number of ketones is 1. The summed E-state index contributed by atoms with van der Waals surface area (Å²) >= 11 is 0. The molecule has 1 aliphatic rings. The summed E-state index contributed by atoms with van der Waals surface area (Å²) in [4.78, 5) is 13.8. The number of nitrogens with zero attached hydrogens (tertiary/aromatic N) is 1. The van der Waals surface area contributed by atoms with Crippen LogP contribution >= 0.6 is 0 Å². The third-order valence-electron chi connectivity index (χ3n) is 3.77. The van der Waals surface area contributed by atoms with Crippen molar-refractivity contribution < 1.29 is 9.18 Å². The molecule has 1 atom stereocenters. The number of halogens is 1. The number of aryl methyl sites for hydroxylation is 1. The van der Waals surface area contributed by atoms with Crippen LogP contribution in [0.15, 0.2) is 18.2 Å². The third-order valence-corrected chi connectivity index (χ3v) is 3.77. The van der Waals surface area contributed by atoms with Crippen molar-refractivity contribution in [3.8, 4) is 0 Å². The Hall–Kier alpha value is -1.22. The van der Waals surface area contributed by atoms with Crippen LogP contribution in [-0.4, -0.2) is 23.3 Å². The van der Waals surface area contributed by atoms with E-state index in [1.807, 2.05) is 6.92 Å². The number of Topliss-reactive ketones (excluding diaryl/α,β-unsaturated/α-hetero) is 1. The van der Waals surface area contributed by atoms with E-state index in [1.165, 1.54) is 6.07 Å². The van der Waals surface area contributed by atoms with Crippen LogP contribution in [0.2, 0.25) is 0 Å². The van der Waals surface area contributed by atoms with Crippen LogP contribution < -0.4 is 0 Å². The van der Waals surface area contributed by atoms with Gasteiger partial charge in [0.1, 0.15) is 11.6 Å². The van der Waals surface area contributed by atoms with E-state index < -0.39 is 0 Å². The topological polar surface area (TPSA) is 20.3 Å². The lowest BCUT2D eigenvalue weighted by Gasteiger charge is -2.34. The second-order valence-electron chi connectivity index (χ2n) is 5.16. The smallest absolute Gasteiger partial charge is 0.146 e. The molecule has 0 aliphatic carbocycles. The molecule has 1 fully saturated rings. The number of rotatable bonds is 3. The SMILES string of the molecule is CC(=O)C1CCCCN1Cc1cc(F)ccc1C. The van der Waals surface area contributed by atoms with Crippen molar-refractivity contribution in [1.82, 2.24) is 4.90 Å². The number of piperidine rings is 1. The van der Waals surface area contributed by atoms with Crippen LogP contribution in [0.4, 0.5) is 4.39 Å². The highest BCUT2D eigenvalue weighted by Crippen LogP contribution is 2.22. The van der Waals surface area contributed by atoms with Crippen LogP contribution in [0, 0.1) is 12.7 Å². The quantitative estimate of drug-likeness (QED) is 0.820. The fraction of sp³-hybridized carbons (Fsp3) is 0.533. The first-order chi connectivity index (χ1) is 8.58. The number of hydrogen-bond donors (Lipinski definition) is 0. The molecule has 0 bridgehead atoms. The van der Waals surface area contributed by atoms with Crippen molar-refractivity contribution in [2.24, 2.45) is 0 Å². The zero-order chi connectivity index (χ0) is 13.1. The molecule has 2 rings (SSSR count). The molecule has 1 aromatic carbocycles. The lowest BCUT2D eigenvalue weighted by Crippen LogP contribution is -2.43. The molecule has 1 unspecified atom stereocenters. The average Bonchev–Trinajstić information content (AvgIpc) is 2.34. The fourth-order valence-electron chi connectivity index (χ4n) is 2.67. The first-order valence-corrected chi connectivity index (χ1v) is 6.57. The first kappa shape index (κ1) is 13.2. The maximum atomic E-state index is 13.3. The third kappa shape index (κ3) is 2.96. The van der Waals surface area contributed by atoms with Gasteiger partial charge in [-0.3, -0.25) is 9.69 Å². The molecular formula is C15H20FNO. The fourth-order valence-corrected chi connectivity index (χ4v) is 2.67. The van der Waals surface area contributed by atoms with E-state index in [1.54, 1.807) is 19.1 Å². The first-order valence-electron chi connectivity index (χ1n) is 6.57. The van der Waals surface area contributed by atoms with Gasteiger partial charge in [0.2, 0.25) is 0 Å². The van der Waals surface area contributed by atoms with E-state index in [4.69, 9.17) is 0 Å². The van der Waals surface area contributed by atoms with Crippen LogP contribution in [0.25, 0.3) is 0 Å². The van der Waals surface area contributed by atoms with Crippen molar-refractivity contribution in [1.29, 1.82) is 0 Å². The molecule has 0 N–H and O–H groups in total. The molecule has 1 aromatic rings. The molecule has 0 aromatic heterocycles. The lowest BCUT2D eigenvalue weighted by molar-refractivity contribution is -0.123. The maximum absolute atomic E-state index is 13.3. The second kappa shape index (κ2) is 5.61. The van der Waals surface area contributed by atoms with Gasteiger partial charge in [-0.1, -0.05) is 12.5 Å². The molecule has 2 nitrogen and oxygen atoms in total. The van der Waals surface area contributed by atoms with Gasteiger partial charge in [0.25, 0.3) is 0 Å². The second-order valence-corrected chi connectivity index (χ2v) is 5.16. The summed E-state index contributed by atoms with van der Waals surface area (Å²) in [6, 6.07) is 4.89. The number of benzene rings is 1. The molecule has 0 saturated carbocycles. The Morgan fingerprint density at radius 1 is 1.44 bits per heavy atom. The van der Waals surface area contributed by atoms with Crippen LogP contribution in [0.3, 0.4) is 0 Å². The monoisotopic (exact) mass is 249 g/mol. The number of carbonyl (C=O) groups is 1. The number of carbonyl (C=O) groups excluding carboxylic acids is 1. The summed E-state index contributed by atoms with van der Waals surface area (Å²) in [5.74, 6) is 0.0238. The van der Waals surface area contributed by atoms with Gasteiger partial charge in [0.15, 0.2) is 0 Å². The van der Waals surface area contributed by atoms with Crippen molar-refractivity contribution in [3.63, 3.8) is 0 Å². The van der Waals surface area contributed by atoms with Crippen LogP contribution in [0.1, 0.15) is 37.3 Å². The van der Waals surface area contributed by atoms with Gasteiger partial charge in [0.05, 0.1) is 6.04 Å². The standard InChI is InChI=1S/C15H20FNO/c1-11-6-7-14(16)9-13(11)10-17-8-4-3-5-15(17)12(2)18/h6-7,9,15H,3-5,8,10H2,1-2H3. The van der Waals surface area contributed by atoms with Gasteiger partial charge in [-0.15, -0.1) is 0 Å². The predicted octanol–water partition coefficient (Wildman–Crippen LogP) is 3.08. The van der Waals surface area contributed by atoms with Crippen molar-refractivity contribution in [3.05, 3.63) is 35.1 Å². The van der Waals surface area contributed by atoms with Crippen molar-refractivity contribution in [2.45, 2.75) is 45.7 Å². The molecule has 0 amide bonds. The molecule has 0 spiro atoms. The van der Waals surface area contributed by atoms with Crippen LogP contribution in [-0.2, 0) is 11.3 Å². The molecule has 1 heterocycles. The van der Waals surface area contributed by atoms with E-state index in [0.717, 1.165) is 36.9 Å². The predicted molar refractivity (Wildman–Crippen MR) is 69.9 cm³/mol. The Morgan fingerprint density at radius 3 is 2.94 bits per heavy atom. The number of hydrogen-bond acceptors (Lipinski definition) is 2. The summed E-state index contributed by atoms with van der Waals surface area (Å²) in [6.45, 7) is 5.25. The highest BCUT2D eigenvalue weighted by atomic mass is 19.1. The summed E-state index contributed by atoms with van der Waals surface area (Å²) in [7, 11) is 0. The van der Waals surface area contributed by atoms with Crippen molar-refractivity contribution >= 4 is 5.78 Å². The van der Waals surface area contributed by atoms with Crippen LogP contribution in [0.5, 0.6) is 0 Å². The van der Waals surface area contributed by atoms with Gasteiger partial charge in [-0.05, 0) is 56.5 Å². The highest BCUT2D eigenvalue weighted by molar-refractivity contribution is 5.81. The normalized spacial score (nSPS) is 20.9. The minimum atomic E-state index is -0.202. The van der Waals surface area contributed by atoms with Gasteiger partial charge in [-0.25, -0.2) is 4.39 Å². The van der Waals surface area contributed by atoms with Gasteiger partial charge in [-0.2, -0.15) is 0 Å². The largest absolute Gasteiger partial charge is 0.298 e. The molecule has 0 radical (unpaired) electrons. The van der Waals surface area contributed by atoms with Crippen molar-refractivity contribution in [2.75, 3.05) is 6.54 Å². The summed E-state index contributed by atoms with van der Waals surface area (Å²) < 4.78 is 13.3. The van der Waals surface area contributed by atoms with E-state index in [2.05, 4.69) is 4.90 Å². The van der Waals surface area contributed by atoms with Gasteiger partial charge in [0, 0.05) is 6.54 Å². The molecular weight excluding hydrogens is 229 g/mol. The zero-order valence-electron chi connectivity index (χ0n) is 11.1. The van der Waals surface area contributed by atoms with E-state index >= 15 is 0 Å². The Kier molecular flexibility index (Phi) is 4.12. The molecule has 3 heteroatoms. The van der Waals surface area contributed by atoms with E-state index in [9.17, 15) is 9.18 Å². The Labute approximate surface area is 108 Å². The summed E-state index contributed by atoms with van der Waals surface area (Å²) in [5, 5.41) is 0. The molecule has 18 heavy (non-hydrogen) atoms.